The Balaban J connectivity index is 4.26. The summed E-state index contributed by atoms with van der Waals surface area (Å²) in [6, 6.07) is 0. The van der Waals surface area contributed by atoms with Crippen molar-refractivity contribution in [3.63, 3.8) is 0 Å². The fraction of sp³-hybridized carbons (Fsp3) is 0.250. The molecule has 0 bridgehead atoms. The number of nitrogens with one attached hydrogen (secondary N) is 1. The number of carbonyl (C=O) groups is 2. The minimum Gasteiger partial charge on any atom is -0.376 e. The second-order valence-corrected chi connectivity index (χ2v) is 2.10. The molecule has 0 unspecified atom stereocenters. The van der Waals surface area contributed by atoms with Gasteiger partial charge in [0.2, 0.25) is 5.91 Å². The first kappa shape index (κ1) is 10.6. The molecule has 0 heterocycles. The molecular weight excluding hydrogens is 158 g/mol. The first-order valence-electron chi connectivity index (χ1n) is 3.35. The van der Waals surface area contributed by atoms with Crippen LogP contribution in [0, 0.1) is 0 Å². The molecule has 4 nitrogen and oxygen atoms in total. The van der Waals surface area contributed by atoms with Gasteiger partial charge in [0.05, 0.1) is 0 Å². The summed E-state index contributed by atoms with van der Waals surface area (Å²) in [6.07, 6.45) is 2.26. The highest BCUT2D eigenvalue weighted by molar-refractivity contribution is 6.05. The Morgan fingerprint density at radius 3 is 2.58 bits per heavy atom. The van der Waals surface area contributed by atoms with E-state index in [0.717, 1.165) is 12.2 Å². The molecule has 2 N–H and O–H groups in total. The number of hydrogen-bond donors (Lipinski definition) is 2. The fourth-order valence-electron chi connectivity index (χ4n) is 0.549. The summed E-state index contributed by atoms with van der Waals surface area (Å²) >= 11 is 0. The SMILES string of the molecule is C=CC(=O)C=C(C)C(=O)NCO. The van der Waals surface area contributed by atoms with Crippen molar-refractivity contribution in [3.05, 3.63) is 24.3 Å². The van der Waals surface area contributed by atoms with E-state index in [9.17, 15) is 9.59 Å². The van der Waals surface area contributed by atoms with E-state index in [2.05, 4.69) is 11.9 Å². The van der Waals surface area contributed by atoms with E-state index >= 15 is 0 Å². The molecule has 0 aromatic rings. The molecule has 1 amide bonds. The lowest BCUT2D eigenvalue weighted by Gasteiger charge is -1.99. The smallest absolute Gasteiger partial charge is 0.248 e. The van der Waals surface area contributed by atoms with Crippen LogP contribution in [0.3, 0.4) is 0 Å². The van der Waals surface area contributed by atoms with Gasteiger partial charge in [-0.25, -0.2) is 0 Å². The molecule has 0 rings (SSSR count). The van der Waals surface area contributed by atoms with Crippen LogP contribution >= 0.6 is 0 Å². The molecule has 4 heteroatoms. The zero-order valence-electron chi connectivity index (χ0n) is 6.83. The highest BCUT2D eigenvalue weighted by atomic mass is 16.3. The third-order valence-corrected chi connectivity index (χ3v) is 1.16. The van der Waals surface area contributed by atoms with Crippen molar-refractivity contribution in [3.8, 4) is 0 Å². The van der Waals surface area contributed by atoms with Gasteiger partial charge in [0.1, 0.15) is 6.73 Å². The van der Waals surface area contributed by atoms with E-state index in [1.54, 1.807) is 0 Å². The van der Waals surface area contributed by atoms with Gasteiger partial charge in [-0.05, 0) is 19.1 Å². The number of amides is 1. The van der Waals surface area contributed by atoms with Gasteiger partial charge >= 0.3 is 0 Å². The molecule has 0 atom stereocenters. The number of aliphatic hydroxyl groups excluding tert-OH is 1. The van der Waals surface area contributed by atoms with E-state index in [4.69, 9.17) is 5.11 Å². The molecule has 12 heavy (non-hydrogen) atoms. The summed E-state index contributed by atoms with van der Waals surface area (Å²) in [7, 11) is 0. The number of allylic oxidation sites excluding steroid dienone is 2. The minimum absolute atomic E-state index is 0.244. The Morgan fingerprint density at radius 1 is 1.58 bits per heavy atom. The maximum absolute atomic E-state index is 10.9. The van der Waals surface area contributed by atoms with E-state index in [0.29, 0.717) is 0 Å². The minimum atomic E-state index is -0.465. The average molecular weight is 169 g/mol. The predicted octanol–water partition coefficient (Wildman–Crippen LogP) is -0.246. The zero-order chi connectivity index (χ0) is 9.56. The van der Waals surface area contributed by atoms with Crippen molar-refractivity contribution in [2.75, 3.05) is 6.73 Å². The van der Waals surface area contributed by atoms with Gasteiger partial charge < -0.3 is 10.4 Å². The van der Waals surface area contributed by atoms with E-state index in [-0.39, 0.29) is 11.4 Å². The van der Waals surface area contributed by atoms with Gasteiger partial charge in [0.15, 0.2) is 5.78 Å². The van der Waals surface area contributed by atoms with Crippen molar-refractivity contribution in [1.29, 1.82) is 0 Å². The van der Waals surface area contributed by atoms with Crippen LogP contribution in [-0.4, -0.2) is 23.5 Å². The molecule has 0 aliphatic rings. The number of hydrogen-bond acceptors (Lipinski definition) is 3. The van der Waals surface area contributed by atoms with Crippen LogP contribution < -0.4 is 5.32 Å². The van der Waals surface area contributed by atoms with Crippen LogP contribution in [0.15, 0.2) is 24.3 Å². The quantitative estimate of drug-likeness (QED) is 0.450. The van der Waals surface area contributed by atoms with E-state index < -0.39 is 12.6 Å². The van der Waals surface area contributed by atoms with Gasteiger partial charge in [0, 0.05) is 5.57 Å². The van der Waals surface area contributed by atoms with Crippen LogP contribution in [0.2, 0.25) is 0 Å². The molecule has 0 fully saturated rings. The van der Waals surface area contributed by atoms with Crippen LogP contribution in [0.4, 0.5) is 0 Å². The number of ketones is 1. The molecule has 0 aromatic carbocycles. The number of carbonyl (C=O) groups excluding carboxylic acids is 2. The van der Waals surface area contributed by atoms with Crippen molar-refractivity contribution in [2.24, 2.45) is 0 Å². The number of aliphatic hydroxyl groups is 1. The Hall–Kier alpha value is -1.42. The molecule has 0 saturated heterocycles. The fourth-order valence-corrected chi connectivity index (χ4v) is 0.549. The average Bonchev–Trinajstić information content (AvgIpc) is 2.04. The van der Waals surface area contributed by atoms with Crippen molar-refractivity contribution in [1.82, 2.24) is 5.32 Å². The van der Waals surface area contributed by atoms with Crippen LogP contribution in [0.25, 0.3) is 0 Å². The molecule has 0 aromatic heterocycles. The van der Waals surface area contributed by atoms with Crippen LogP contribution in [-0.2, 0) is 9.59 Å². The molecular formula is C8H11NO3. The Kier molecular flexibility index (Phi) is 4.64. The maximum Gasteiger partial charge on any atom is 0.248 e. The first-order valence-corrected chi connectivity index (χ1v) is 3.35. The standard InChI is InChI=1S/C8H11NO3/c1-3-7(11)4-6(2)8(12)9-5-10/h3-4,10H,1,5H2,2H3,(H,9,12). The molecule has 0 spiro atoms. The summed E-state index contributed by atoms with van der Waals surface area (Å²) in [5.41, 5.74) is 0.244. The Labute approximate surface area is 70.6 Å². The van der Waals surface area contributed by atoms with Gasteiger partial charge in [-0.3, -0.25) is 9.59 Å². The molecule has 0 radical (unpaired) electrons. The lowest BCUT2D eigenvalue weighted by molar-refractivity contribution is -0.119. The van der Waals surface area contributed by atoms with Gasteiger partial charge in [0.25, 0.3) is 0 Å². The lowest BCUT2D eigenvalue weighted by Crippen LogP contribution is -2.25. The third-order valence-electron chi connectivity index (χ3n) is 1.16. The molecule has 66 valence electrons. The summed E-state index contributed by atoms with van der Waals surface area (Å²) in [5, 5.41) is 10.4. The summed E-state index contributed by atoms with van der Waals surface area (Å²) in [6.45, 7) is 4.28. The van der Waals surface area contributed by atoms with Crippen molar-refractivity contribution < 1.29 is 14.7 Å². The first-order chi connectivity index (χ1) is 5.61. The normalized spacial score (nSPS) is 10.7. The topological polar surface area (TPSA) is 66.4 Å². The molecule has 0 saturated carbocycles. The van der Waals surface area contributed by atoms with E-state index in [1.165, 1.54) is 6.92 Å². The second kappa shape index (κ2) is 5.26. The Morgan fingerprint density at radius 2 is 2.17 bits per heavy atom. The largest absolute Gasteiger partial charge is 0.376 e. The second-order valence-electron chi connectivity index (χ2n) is 2.10. The molecule has 0 aliphatic carbocycles. The summed E-state index contributed by atoms with van der Waals surface area (Å²) < 4.78 is 0. The highest BCUT2D eigenvalue weighted by Gasteiger charge is 2.02. The summed E-state index contributed by atoms with van der Waals surface area (Å²) in [4.78, 5) is 21.6. The molecule has 0 aliphatic heterocycles. The van der Waals surface area contributed by atoms with Gasteiger partial charge in [-0.2, -0.15) is 0 Å². The monoisotopic (exact) mass is 169 g/mol. The number of rotatable bonds is 4. The zero-order valence-corrected chi connectivity index (χ0v) is 6.83. The lowest BCUT2D eigenvalue weighted by atomic mass is 10.2. The third kappa shape index (κ3) is 3.68. The maximum atomic E-state index is 10.9. The van der Waals surface area contributed by atoms with Crippen molar-refractivity contribution in [2.45, 2.75) is 6.92 Å². The van der Waals surface area contributed by atoms with Crippen molar-refractivity contribution >= 4 is 11.7 Å². The predicted molar refractivity (Wildman–Crippen MR) is 44.2 cm³/mol. The summed E-state index contributed by atoms with van der Waals surface area (Å²) in [5.74, 6) is -0.798. The highest BCUT2D eigenvalue weighted by Crippen LogP contribution is 1.92. The van der Waals surface area contributed by atoms with Crippen LogP contribution in [0.5, 0.6) is 0 Å². The Bertz CT molecular complexity index is 230. The van der Waals surface area contributed by atoms with Gasteiger partial charge in [-0.1, -0.05) is 6.58 Å². The van der Waals surface area contributed by atoms with E-state index in [1.807, 2.05) is 0 Å². The van der Waals surface area contributed by atoms with Crippen LogP contribution in [0.1, 0.15) is 6.92 Å². The van der Waals surface area contributed by atoms with Gasteiger partial charge in [-0.15, -0.1) is 0 Å².